The van der Waals surface area contributed by atoms with Crippen molar-refractivity contribution in [3.63, 3.8) is 0 Å². The molecule has 1 aliphatic rings. The number of urea groups is 1. The number of rotatable bonds is 6. The molecule has 1 atom stereocenters. The third-order valence-electron chi connectivity index (χ3n) is 5.43. The first-order valence-corrected chi connectivity index (χ1v) is 10.7. The van der Waals surface area contributed by atoms with E-state index in [2.05, 4.69) is 31.4 Å². The fourth-order valence-corrected chi connectivity index (χ4v) is 3.60. The molecule has 2 aromatic carbocycles. The van der Waals surface area contributed by atoms with Gasteiger partial charge in [-0.3, -0.25) is 14.5 Å². The molecule has 170 valence electrons. The third-order valence-corrected chi connectivity index (χ3v) is 5.43. The summed E-state index contributed by atoms with van der Waals surface area (Å²) in [5.74, 6) is -0.426. The number of nitrogens with one attached hydrogen (secondary N) is 2. The highest BCUT2D eigenvalue weighted by Gasteiger charge is 2.49. The normalized spacial score (nSPS) is 18.7. The Morgan fingerprint density at radius 2 is 1.72 bits per heavy atom. The van der Waals surface area contributed by atoms with Crippen molar-refractivity contribution in [2.24, 2.45) is 0 Å². The highest BCUT2D eigenvalue weighted by atomic mass is 16.5. The quantitative estimate of drug-likeness (QED) is 0.664. The maximum atomic E-state index is 13.2. The van der Waals surface area contributed by atoms with Crippen LogP contribution < -0.4 is 15.4 Å². The molecule has 7 heteroatoms. The third kappa shape index (κ3) is 4.77. The van der Waals surface area contributed by atoms with Crippen molar-refractivity contribution >= 4 is 23.5 Å². The van der Waals surface area contributed by atoms with Crippen molar-refractivity contribution in [1.82, 2.24) is 10.2 Å². The highest BCUT2D eigenvalue weighted by molar-refractivity contribution is 6.10. The maximum absolute atomic E-state index is 13.2. The summed E-state index contributed by atoms with van der Waals surface area (Å²) >= 11 is 0. The van der Waals surface area contributed by atoms with Crippen molar-refractivity contribution in [3.8, 4) is 5.75 Å². The van der Waals surface area contributed by atoms with E-state index in [0.29, 0.717) is 17.0 Å². The van der Waals surface area contributed by atoms with Gasteiger partial charge in [-0.25, -0.2) is 4.79 Å². The molecular weight excluding hydrogens is 406 g/mol. The first-order valence-electron chi connectivity index (χ1n) is 10.7. The number of amides is 4. The van der Waals surface area contributed by atoms with Gasteiger partial charge in [0.1, 0.15) is 17.8 Å². The van der Waals surface area contributed by atoms with Crippen molar-refractivity contribution in [2.75, 3.05) is 11.9 Å². The van der Waals surface area contributed by atoms with E-state index < -0.39 is 29.9 Å². The SMILES string of the molecule is CC(C)Oc1ccccc1NC(=O)CN1C(=O)NC(C)(c2ccc(C(C)(C)C)cc2)C1=O. The summed E-state index contributed by atoms with van der Waals surface area (Å²) in [5, 5.41) is 5.48. The number of imide groups is 1. The summed E-state index contributed by atoms with van der Waals surface area (Å²) in [5.41, 5.74) is 1.02. The van der Waals surface area contributed by atoms with Crippen LogP contribution in [0.15, 0.2) is 48.5 Å². The summed E-state index contributed by atoms with van der Waals surface area (Å²) in [4.78, 5) is 39.4. The highest BCUT2D eigenvalue weighted by Crippen LogP contribution is 2.31. The Bertz CT molecular complexity index is 1020. The van der Waals surface area contributed by atoms with Gasteiger partial charge in [0.05, 0.1) is 11.8 Å². The number of ether oxygens (including phenoxy) is 1. The van der Waals surface area contributed by atoms with Crippen LogP contribution >= 0.6 is 0 Å². The van der Waals surface area contributed by atoms with E-state index in [1.165, 1.54) is 0 Å². The molecule has 7 nitrogen and oxygen atoms in total. The van der Waals surface area contributed by atoms with Crippen LogP contribution in [0.2, 0.25) is 0 Å². The molecule has 1 unspecified atom stereocenters. The lowest BCUT2D eigenvalue weighted by molar-refractivity contribution is -0.133. The van der Waals surface area contributed by atoms with Gasteiger partial charge in [-0.05, 0) is 49.4 Å². The number of nitrogens with zero attached hydrogens (tertiary/aromatic N) is 1. The van der Waals surface area contributed by atoms with Gasteiger partial charge in [-0.1, -0.05) is 57.2 Å². The number of benzene rings is 2. The Labute approximate surface area is 189 Å². The van der Waals surface area contributed by atoms with Gasteiger partial charge in [0.15, 0.2) is 0 Å². The van der Waals surface area contributed by atoms with Crippen molar-refractivity contribution < 1.29 is 19.1 Å². The van der Waals surface area contributed by atoms with Crippen molar-refractivity contribution in [2.45, 2.75) is 58.6 Å². The molecule has 1 fully saturated rings. The van der Waals surface area contributed by atoms with Crippen LogP contribution in [0.4, 0.5) is 10.5 Å². The van der Waals surface area contributed by atoms with Crippen LogP contribution in [0.25, 0.3) is 0 Å². The summed E-state index contributed by atoms with van der Waals surface area (Å²) in [7, 11) is 0. The van der Waals surface area contributed by atoms with E-state index in [1.807, 2.05) is 38.1 Å². The van der Waals surface area contributed by atoms with Gasteiger partial charge in [-0.2, -0.15) is 0 Å². The number of hydrogen-bond donors (Lipinski definition) is 2. The molecule has 0 radical (unpaired) electrons. The summed E-state index contributed by atoms with van der Waals surface area (Å²) < 4.78 is 5.71. The molecule has 0 bridgehead atoms. The average Bonchev–Trinajstić information content (AvgIpc) is 2.92. The van der Waals surface area contributed by atoms with Gasteiger partial charge < -0.3 is 15.4 Å². The molecule has 0 aromatic heterocycles. The van der Waals surface area contributed by atoms with Gasteiger partial charge in [-0.15, -0.1) is 0 Å². The molecule has 2 N–H and O–H groups in total. The average molecular weight is 438 g/mol. The predicted molar refractivity (Wildman–Crippen MR) is 124 cm³/mol. The molecule has 0 saturated carbocycles. The zero-order chi connectivity index (χ0) is 23.7. The van der Waals surface area contributed by atoms with Crippen LogP contribution in [0.1, 0.15) is 52.7 Å². The molecule has 1 heterocycles. The van der Waals surface area contributed by atoms with Crippen LogP contribution in [-0.2, 0) is 20.5 Å². The zero-order valence-electron chi connectivity index (χ0n) is 19.5. The molecular formula is C25H31N3O4. The van der Waals surface area contributed by atoms with Crippen LogP contribution in [0.3, 0.4) is 0 Å². The summed E-state index contributed by atoms with van der Waals surface area (Å²) in [6, 6.07) is 14.1. The van der Waals surface area contributed by atoms with E-state index >= 15 is 0 Å². The number of hydrogen-bond acceptors (Lipinski definition) is 4. The van der Waals surface area contributed by atoms with Crippen LogP contribution in [-0.4, -0.2) is 35.4 Å². The number of carbonyl (C=O) groups is 3. The molecule has 4 amide bonds. The smallest absolute Gasteiger partial charge is 0.325 e. The summed E-state index contributed by atoms with van der Waals surface area (Å²) in [6.45, 7) is 11.4. The molecule has 32 heavy (non-hydrogen) atoms. The Morgan fingerprint density at radius 1 is 1.09 bits per heavy atom. The summed E-state index contributed by atoms with van der Waals surface area (Å²) in [6.07, 6.45) is -0.0654. The standard InChI is InChI=1S/C25H31N3O4/c1-16(2)32-20-10-8-7-9-19(20)26-21(29)15-28-22(30)25(6,27-23(28)31)18-13-11-17(12-14-18)24(3,4)5/h7-14,16H,15H2,1-6H3,(H,26,29)(H,27,31). The lowest BCUT2D eigenvalue weighted by Crippen LogP contribution is -2.42. The Balaban J connectivity index is 1.74. The fourth-order valence-electron chi connectivity index (χ4n) is 3.60. The molecule has 0 aliphatic carbocycles. The number of anilines is 1. The van der Waals surface area contributed by atoms with Crippen LogP contribution in [0, 0.1) is 0 Å². The second-order valence-electron chi connectivity index (χ2n) is 9.48. The Morgan fingerprint density at radius 3 is 2.31 bits per heavy atom. The topological polar surface area (TPSA) is 87.7 Å². The first kappa shape index (κ1) is 23.3. The first-order chi connectivity index (χ1) is 14.9. The van der Waals surface area contributed by atoms with Gasteiger partial charge in [0.2, 0.25) is 5.91 Å². The van der Waals surface area contributed by atoms with Crippen molar-refractivity contribution in [1.29, 1.82) is 0 Å². The van der Waals surface area contributed by atoms with Crippen LogP contribution in [0.5, 0.6) is 5.75 Å². The minimum atomic E-state index is -1.23. The van der Waals surface area contributed by atoms with E-state index in [-0.39, 0.29) is 11.5 Å². The lowest BCUT2D eigenvalue weighted by Gasteiger charge is -2.24. The van der Waals surface area contributed by atoms with E-state index in [9.17, 15) is 14.4 Å². The molecule has 2 aromatic rings. The van der Waals surface area contributed by atoms with Gasteiger partial charge in [0.25, 0.3) is 5.91 Å². The molecule has 0 spiro atoms. The minimum Gasteiger partial charge on any atom is -0.489 e. The van der Waals surface area contributed by atoms with E-state index in [4.69, 9.17) is 4.74 Å². The Hall–Kier alpha value is -3.35. The van der Waals surface area contributed by atoms with Crippen molar-refractivity contribution in [3.05, 3.63) is 59.7 Å². The number of para-hydroxylation sites is 2. The second-order valence-corrected chi connectivity index (χ2v) is 9.48. The van der Waals surface area contributed by atoms with E-state index in [0.717, 1.165) is 10.5 Å². The van der Waals surface area contributed by atoms with Gasteiger partial charge in [0, 0.05) is 0 Å². The van der Waals surface area contributed by atoms with Gasteiger partial charge >= 0.3 is 6.03 Å². The minimum absolute atomic E-state index is 0.0257. The fraction of sp³-hybridized carbons (Fsp3) is 0.400. The molecule has 3 rings (SSSR count). The predicted octanol–water partition coefficient (Wildman–Crippen LogP) is 4.18. The maximum Gasteiger partial charge on any atom is 0.325 e. The zero-order valence-corrected chi connectivity index (χ0v) is 19.5. The monoisotopic (exact) mass is 437 g/mol. The lowest BCUT2D eigenvalue weighted by atomic mass is 9.84. The number of carbonyl (C=O) groups excluding carboxylic acids is 3. The molecule has 1 aliphatic heterocycles. The molecule has 1 saturated heterocycles. The van der Waals surface area contributed by atoms with E-state index in [1.54, 1.807) is 31.2 Å². The Kier molecular flexibility index (Phi) is 6.30. The largest absolute Gasteiger partial charge is 0.489 e. The second kappa shape index (κ2) is 8.65.